The number of nitrogens with zero attached hydrogens (tertiary/aromatic N) is 1. The predicted molar refractivity (Wildman–Crippen MR) is 181 cm³/mol. The van der Waals surface area contributed by atoms with Gasteiger partial charge in [-0.2, -0.15) is 0 Å². The number of anilines is 1. The van der Waals surface area contributed by atoms with Gasteiger partial charge >= 0.3 is 5.97 Å². The van der Waals surface area contributed by atoms with Crippen LogP contribution < -0.4 is 26.6 Å². The number of rotatable bonds is 19. The van der Waals surface area contributed by atoms with Crippen molar-refractivity contribution in [1.29, 1.82) is 0 Å². The van der Waals surface area contributed by atoms with E-state index in [-0.39, 0.29) is 62.6 Å². The third-order valence-electron chi connectivity index (χ3n) is 7.68. The Labute approximate surface area is 290 Å². The SMILES string of the molecule is CC(=O)OCc1ccc(NC(=O)CNC(=O)[C@H](Cc2ccccc2)NC(=O)CNC(=O)CNC(=O)CCCCCN2C(=O)CC(C)C2=O)cc1. The van der Waals surface area contributed by atoms with Gasteiger partial charge in [-0.15, -0.1) is 0 Å². The highest BCUT2D eigenvalue weighted by Gasteiger charge is 2.34. The van der Waals surface area contributed by atoms with E-state index in [9.17, 15) is 38.4 Å². The molecule has 2 aromatic rings. The fourth-order valence-corrected chi connectivity index (χ4v) is 4.99. The van der Waals surface area contributed by atoms with Crippen LogP contribution in [-0.2, 0) is 56.1 Å². The van der Waals surface area contributed by atoms with E-state index >= 15 is 0 Å². The van der Waals surface area contributed by atoms with Crippen molar-refractivity contribution in [2.24, 2.45) is 5.92 Å². The molecule has 15 nitrogen and oxygen atoms in total. The Hall–Kier alpha value is -5.60. The number of imide groups is 1. The Balaban J connectivity index is 1.37. The molecule has 50 heavy (non-hydrogen) atoms. The van der Waals surface area contributed by atoms with Gasteiger partial charge in [-0.3, -0.25) is 43.3 Å². The second kappa shape index (κ2) is 20.0. The number of hydrogen-bond donors (Lipinski definition) is 5. The molecule has 3 rings (SSSR count). The Morgan fingerprint density at radius 3 is 2.10 bits per heavy atom. The van der Waals surface area contributed by atoms with Crippen LogP contribution in [0.3, 0.4) is 0 Å². The number of carbonyl (C=O) groups is 8. The number of esters is 1. The minimum absolute atomic E-state index is 0.103. The maximum Gasteiger partial charge on any atom is 0.302 e. The van der Waals surface area contributed by atoms with E-state index in [2.05, 4.69) is 26.6 Å². The van der Waals surface area contributed by atoms with Crippen molar-refractivity contribution in [3.8, 4) is 0 Å². The summed E-state index contributed by atoms with van der Waals surface area (Å²) in [7, 11) is 0. The van der Waals surface area contributed by atoms with Gasteiger partial charge in [-0.1, -0.05) is 55.8 Å². The second-order valence-electron chi connectivity index (χ2n) is 11.9. The average Bonchev–Trinajstić information content (AvgIpc) is 3.34. The average molecular weight is 693 g/mol. The van der Waals surface area contributed by atoms with Gasteiger partial charge < -0.3 is 31.3 Å². The highest BCUT2D eigenvalue weighted by atomic mass is 16.5. The number of benzene rings is 2. The van der Waals surface area contributed by atoms with Crippen LogP contribution in [0.1, 0.15) is 57.1 Å². The van der Waals surface area contributed by atoms with Crippen molar-refractivity contribution in [2.45, 2.75) is 65.0 Å². The molecule has 7 amide bonds. The highest BCUT2D eigenvalue weighted by Crippen LogP contribution is 2.19. The Morgan fingerprint density at radius 2 is 1.44 bits per heavy atom. The zero-order chi connectivity index (χ0) is 36.5. The maximum atomic E-state index is 13.0. The van der Waals surface area contributed by atoms with Gasteiger partial charge in [-0.25, -0.2) is 0 Å². The minimum atomic E-state index is -1.06. The summed E-state index contributed by atoms with van der Waals surface area (Å²) in [5.41, 5.74) is 1.96. The van der Waals surface area contributed by atoms with Gasteiger partial charge in [-0.05, 0) is 36.1 Å². The largest absolute Gasteiger partial charge is 0.461 e. The molecule has 2 aromatic carbocycles. The summed E-state index contributed by atoms with van der Waals surface area (Å²) in [6.07, 6.45) is 2.23. The lowest BCUT2D eigenvalue weighted by atomic mass is 10.1. The molecule has 2 atom stereocenters. The van der Waals surface area contributed by atoms with Crippen molar-refractivity contribution in [1.82, 2.24) is 26.2 Å². The topological polar surface area (TPSA) is 209 Å². The van der Waals surface area contributed by atoms with Crippen LogP contribution >= 0.6 is 0 Å². The van der Waals surface area contributed by atoms with E-state index in [4.69, 9.17) is 4.74 Å². The number of unbranched alkanes of at least 4 members (excludes halogenated alkanes) is 2. The van der Waals surface area contributed by atoms with Crippen molar-refractivity contribution >= 4 is 53.0 Å². The van der Waals surface area contributed by atoms with Crippen LogP contribution in [0.15, 0.2) is 54.6 Å². The quantitative estimate of drug-likeness (QED) is 0.0797. The number of carbonyl (C=O) groups excluding carboxylic acids is 8. The molecule has 5 N–H and O–H groups in total. The summed E-state index contributed by atoms with van der Waals surface area (Å²) in [6, 6.07) is 14.5. The number of hydrogen-bond acceptors (Lipinski definition) is 9. The second-order valence-corrected chi connectivity index (χ2v) is 11.9. The zero-order valence-electron chi connectivity index (χ0n) is 28.3. The van der Waals surface area contributed by atoms with Gasteiger partial charge in [0.1, 0.15) is 12.6 Å². The standard InChI is InChI=1S/C35H44N6O9/c1-23-17-33(47)41(35(23)49)16-8-4-7-11-29(43)36-19-30(44)37-20-32(46)40-28(18-25-9-5-3-6-10-25)34(48)38-21-31(45)39-27-14-12-26(13-15-27)22-50-24(2)42/h3,5-6,9-10,12-15,23,28H,4,7-8,11,16-22H2,1-2H3,(H,36,43)(H,37,44)(H,38,48)(H,39,45)(H,40,46)/t23?,28-/m0/s1. The van der Waals surface area contributed by atoms with Crippen LogP contribution in [0.5, 0.6) is 0 Å². The van der Waals surface area contributed by atoms with Gasteiger partial charge in [0, 0.05) is 44.3 Å². The lowest BCUT2D eigenvalue weighted by Crippen LogP contribution is -2.52. The van der Waals surface area contributed by atoms with Crippen molar-refractivity contribution in [3.05, 3.63) is 65.7 Å². The van der Waals surface area contributed by atoms with Gasteiger partial charge in [0.05, 0.1) is 19.6 Å². The molecule has 1 aliphatic heterocycles. The summed E-state index contributed by atoms with van der Waals surface area (Å²) in [6.45, 7) is 2.29. The number of amides is 7. The summed E-state index contributed by atoms with van der Waals surface area (Å²) in [4.78, 5) is 98.7. The Morgan fingerprint density at radius 1 is 0.780 bits per heavy atom. The van der Waals surface area contributed by atoms with Crippen LogP contribution in [-0.4, -0.2) is 84.4 Å². The van der Waals surface area contributed by atoms with Gasteiger partial charge in [0.15, 0.2) is 0 Å². The molecule has 15 heteroatoms. The molecule has 0 aliphatic carbocycles. The fourth-order valence-electron chi connectivity index (χ4n) is 4.99. The number of nitrogens with one attached hydrogen (secondary N) is 5. The Bertz CT molecular complexity index is 1530. The highest BCUT2D eigenvalue weighted by molar-refractivity contribution is 6.03. The monoisotopic (exact) mass is 692 g/mol. The van der Waals surface area contributed by atoms with Crippen LogP contribution in [0.4, 0.5) is 5.69 Å². The van der Waals surface area contributed by atoms with Gasteiger partial charge in [0.25, 0.3) is 0 Å². The molecule has 1 saturated heterocycles. The maximum absolute atomic E-state index is 13.0. The molecule has 1 fully saturated rings. The van der Waals surface area contributed by atoms with E-state index in [1.54, 1.807) is 61.5 Å². The van der Waals surface area contributed by atoms with E-state index in [1.165, 1.54) is 11.8 Å². The predicted octanol–water partition coefficient (Wildman–Crippen LogP) is 0.720. The lowest BCUT2D eigenvalue weighted by Gasteiger charge is -2.19. The first-order valence-electron chi connectivity index (χ1n) is 16.4. The first-order chi connectivity index (χ1) is 23.9. The Kier molecular flexibility index (Phi) is 15.6. The number of likely N-dealkylation sites (tertiary alicyclic amines) is 1. The van der Waals surface area contributed by atoms with E-state index in [0.29, 0.717) is 31.5 Å². The smallest absolute Gasteiger partial charge is 0.302 e. The van der Waals surface area contributed by atoms with Crippen molar-refractivity contribution < 1.29 is 43.1 Å². The summed E-state index contributed by atoms with van der Waals surface area (Å²) in [5.74, 6) is -3.75. The summed E-state index contributed by atoms with van der Waals surface area (Å²) in [5, 5.41) is 12.7. The lowest BCUT2D eigenvalue weighted by molar-refractivity contribution is -0.142. The van der Waals surface area contributed by atoms with E-state index < -0.39 is 42.2 Å². The van der Waals surface area contributed by atoms with Crippen LogP contribution in [0.25, 0.3) is 0 Å². The molecule has 268 valence electrons. The molecule has 1 aliphatic rings. The molecule has 0 aromatic heterocycles. The first kappa shape index (κ1) is 38.8. The molecular weight excluding hydrogens is 648 g/mol. The summed E-state index contributed by atoms with van der Waals surface area (Å²) < 4.78 is 4.93. The molecule has 0 spiro atoms. The van der Waals surface area contributed by atoms with Crippen molar-refractivity contribution in [2.75, 3.05) is 31.5 Å². The molecule has 0 saturated carbocycles. The molecule has 0 bridgehead atoms. The zero-order valence-corrected chi connectivity index (χ0v) is 28.3. The summed E-state index contributed by atoms with van der Waals surface area (Å²) >= 11 is 0. The molecule has 0 radical (unpaired) electrons. The van der Waals surface area contributed by atoms with Crippen molar-refractivity contribution in [3.63, 3.8) is 0 Å². The van der Waals surface area contributed by atoms with E-state index in [0.717, 1.165) is 11.1 Å². The first-order valence-corrected chi connectivity index (χ1v) is 16.4. The molecule has 1 unspecified atom stereocenters. The minimum Gasteiger partial charge on any atom is -0.461 e. The third kappa shape index (κ3) is 13.9. The third-order valence-corrected chi connectivity index (χ3v) is 7.68. The van der Waals surface area contributed by atoms with Crippen LogP contribution in [0, 0.1) is 5.92 Å². The normalized spacial score (nSPS) is 14.4. The van der Waals surface area contributed by atoms with E-state index in [1.807, 2.05) is 0 Å². The number of ether oxygens (including phenoxy) is 1. The molecule has 1 heterocycles. The van der Waals surface area contributed by atoms with Crippen LogP contribution in [0.2, 0.25) is 0 Å². The van der Waals surface area contributed by atoms with Gasteiger partial charge in [0.2, 0.25) is 41.4 Å². The molecular formula is C35H44N6O9. The fraction of sp³-hybridized carbons (Fsp3) is 0.429.